The molecule has 0 bridgehead atoms. The Morgan fingerprint density at radius 2 is 1.82 bits per heavy atom. The van der Waals surface area contributed by atoms with E-state index in [1.54, 1.807) is 20.4 Å². The van der Waals surface area contributed by atoms with E-state index in [2.05, 4.69) is 26.2 Å². The fourth-order valence-electron chi connectivity index (χ4n) is 4.89. The first-order chi connectivity index (χ1) is 18.6. The van der Waals surface area contributed by atoms with E-state index in [1.165, 1.54) is 0 Å². The number of aliphatic hydroxyl groups excluding tert-OH is 2. The van der Waals surface area contributed by atoms with Gasteiger partial charge in [-0.3, -0.25) is 4.90 Å². The summed E-state index contributed by atoms with van der Waals surface area (Å²) in [5.41, 5.74) is 4.57. The van der Waals surface area contributed by atoms with E-state index >= 15 is 0 Å². The molecule has 0 unspecified atom stereocenters. The molecule has 3 heterocycles. The quantitative estimate of drug-likeness (QED) is 0.308. The molecular weight excluding hydrogens is 484 g/mol. The smallest absolute Gasteiger partial charge is 0.245 e. The summed E-state index contributed by atoms with van der Waals surface area (Å²) >= 11 is 0. The largest absolute Gasteiger partial charge is 0.496 e. The summed E-state index contributed by atoms with van der Waals surface area (Å²) in [6, 6.07) is 17.9. The van der Waals surface area contributed by atoms with Gasteiger partial charge in [0.05, 0.1) is 50.0 Å². The van der Waals surface area contributed by atoms with Gasteiger partial charge in [-0.15, -0.1) is 5.10 Å². The van der Waals surface area contributed by atoms with E-state index in [4.69, 9.17) is 19.7 Å². The number of hydrogen-bond donors (Lipinski definition) is 3. The summed E-state index contributed by atoms with van der Waals surface area (Å²) in [5.74, 6) is 1.92. The van der Waals surface area contributed by atoms with E-state index < -0.39 is 6.10 Å². The molecular formula is C28H34N6O4. The van der Waals surface area contributed by atoms with Gasteiger partial charge in [0, 0.05) is 43.5 Å². The van der Waals surface area contributed by atoms with Gasteiger partial charge in [-0.25, -0.2) is 9.50 Å². The monoisotopic (exact) mass is 518 g/mol. The molecule has 2 aromatic heterocycles. The highest BCUT2D eigenvalue weighted by atomic mass is 16.5. The molecule has 0 radical (unpaired) electrons. The van der Waals surface area contributed by atoms with Crippen molar-refractivity contribution in [1.29, 1.82) is 0 Å². The van der Waals surface area contributed by atoms with Crippen LogP contribution < -0.4 is 19.7 Å². The normalized spacial score (nSPS) is 15.3. The van der Waals surface area contributed by atoms with Crippen LogP contribution in [0.4, 0.5) is 17.3 Å². The molecule has 3 N–H and O–H groups in total. The van der Waals surface area contributed by atoms with Crippen molar-refractivity contribution < 1.29 is 19.7 Å². The first kappa shape index (κ1) is 25.8. The lowest BCUT2D eigenvalue weighted by Crippen LogP contribution is -2.37. The Hall–Kier alpha value is -3.86. The maximum atomic E-state index is 9.80. The highest BCUT2D eigenvalue weighted by molar-refractivity contribution is 5.72. The fraction of sp³-hybridized carbons (Fsp3) is 0.357. The second-order valence-corrected chi connectivity index (χ2v) is 9.32. The van der Waals surface area contributed by atoms with Crippen LogP contribution in [0.3, 0.4) is 0 Å². The van der Waals surface area contributed by atoms with Gasteiger partial charge in [0.25, 0.3) is 0 Å². The molecule has 38 heavy (non-hydrogen) atoms. The molecule has 5 rings (SSSR count). The molecule has 2 aromatic carbocycles. The Balaban J connectivity index is 1.35. The van der Waals surface area contributed by atoms with Gasteiger partial charge < -0.3 is 29.9 Å². The van der Waals surface area contributed by atoms with E-state index in [0.29, 0.717) is 18.2 Å². The third-order valence-corrected chi connectivity index (χ3v) is 6.85. The van der Waals surface area contributed by atoms with Gasteiger partial charge in [-0.1, -0.05) is 12.1 Å². The van der Waals surface area contributed by atoms with Crippen molar-refractivity contribution in [1.82, 2.24) is 19.5 Å². The van der Waals surface area contributed by atoms with Crippen molar-refractivity contribution in [3.05, 3.63) is 60.8 Å². The van der Waals surface area contributed by atoms with Gasteiger partial charge in [-0.2, -0.15) is 0 Å². The molecule has 0 saturated carbocycles. The molecule has 0 aliphatic carbocycles. The Morgan fingerprint density at radius 1 is 0.974 bits per heavy atom. The maximum absolute atomic E-state index is 9.80. The average Bonchev–Trinajstić information content (AvgIpc) is 3.23. The number of ether oxygens (including phenoxy) is 2. The molecule has 200 valence electrons. The van der Waals surface area contributed by atoms with Crippen molar-refractivity contribution in [2.24, 2.45) is 0 Å². The molecule has 1 fully saturated rings. The summed E-state index contributed by atoms with van der Waals surface area (Å²) in [7, 11) is 3.32. The number of aromatic nitrogens is 3. The Kier molecular flexibility index (Phi) is 7.92. The molecule has 1 aliphatic rings. The van der Waals surface area contributed by atoms with E-state index in [-0.39, 0.29) is 6.61 Å². The van der Waals surface area contributed by atoms with Crippen LogP contribution in [-0.4, -0.2) is 89.4 Å². The second-order valence-electron chi connectivity index (χ2n) is 9.32. The van der Waals surface area contributed by atoms with Gasteiger partial charge in [-0.05, 0) is 49.4 Å². The van der Waals surface area contributed by atoms with Gasteiger partial charge in [0.1, 0.15) is 11.5 Å². The van der Waals surface area contributed by atoms with Gasteiger partial charge in [0.15, 0.2) is 0 Å². The third-order valence-electron chi connectivity index (χ3n) is 6.85. The number of fused-ring (bicyclic) bond motifs is 1. The number of anilines is 3. The minimum absolute atomic E-state index is 0.214. The second kappa shape index (κ2) is 11.7. The molecule has 0 amide bonds. The minimum Gasteiger partial charge on any atom is -0.496 e. The summed E-state index contributed by atoms with van der Waals surface area (Å²) < 4.78 is 13.1. The summed E-state index contributed by atoms with van der Waals surface area (Å²) in [6.45, 7) is 3.71. The number of methoxy groups -OCH3 is 2. The molecule has 10 heteroatoms. The number of β-amino-alcohol motifs (C(OH)–C–C–N with tert-alkyl or cyclic N) is 1. The van der Waals surface area contributed by atoms with Crippen LogP contribution in [0.15, 0.2) is 60.8 Å². The minimum atomic E-state index is -0.703. The van der Waals surface area contributed by atoms with Crippen LogP contribution in [0.2, 0.25) is 0 Å². The molecule has 1 saturated heterocycles. The Morgan fingerprint density at radius 3 is 2.63 bits per heavy atom. The molecule has 10 nitrogen and oxygen atoms in total. The van der Waals surface area contributed by atoms with Crippen molar-refractivity contribution in [2.75, 3.05) is 63.8 Å². The zero-order chi connectivity index (χ0) is 26.5. The van der Waals surface area contributed by atoms with Crippen LogP contribution in [0.5, 0.6) is 11.5 Å². The first-order valence-electron chi connectivity index (χ1n) is 12.8. The summed E-state index contributed by atoms with van der Waals surface area (Å²) in [5, 5.41) is 27.0. The highest BCUT2D eigenvalue weighted by Crippen LogP contribution is 2.33. The molecule has 4 aromatic rings. The summed E-state index contributed by atoms with van der Waals surface area (Å²) in [4.78, 5) is 9.02. The van der Waals surface area contributed by atoms with E-state index in [1.807, 2.05) is 53.0 Å². The predicted molar refractivity (Wildman–Crippen MR) is 148 cm³/mol. The Labute approximate surface area is 222 Å². The van der Waals surface area contributed by atoms with Gasteiger partial charge >= 0.3 is 0 Å². The summed E-state index contributed by atoms with van der Waals surface area (Å²) in [6.07, 6.45) is 2.05. The number of para-hydroxylation sites is 1. The molecule has 1 aliphatic heterocycles. The van der Waals surface area contributed by atoms with E-state index in [0.717, 1.165) is 66.5 Å². The van der Waals surface area contributed by atoms with Crippen LogP contribution in [0.25, 0.3) is 16.8 Å². The van der Waals surface area contributed by atoms with Crippen LogP contribution in [0, 0.1) is 0 Å². The van der Waals surface area contributed by atoms with Crippen molar-refractivity contribution in [2.45, 2.75) is 12.5 Å². The standard InChI is InChI=1S/C28H34N6O4/c1-37-26-7-4-3-6-23(26)25-11-9-21-17-29-28(31-34(21)25)30-24-10-8-20(16-27(24)38-2)33-13-5-12-32(14-15-33)18-22(36)19-35/h3-4,6-11,16-17,22,35-36H,5,12-15,18-19H2,1-2H3,(H,30,31)/t22-/m0/s1. The maximum Gasteiger partial charge on any atom is 0.245 e. The Bertz CT molecular complexity index is 1380. The SMILES string of the molecule is COc1cc(N2CCCN(C[C@H](O)CO)CC2)ccc1Nc1ncc2ccc(-c3ccccc3OC)n2n1. The number of nitrogens with one attached hydrogen (secondary N) is 1. The topological polar surface area (TPSA) is 108 Å². The van der Waals surface area contributed by atoms with Crippen LogP contribution in [0.1, 0.15) is 6.42 Å². The number of benzene rings is 2. The lowest BCUT2D eigenvalue weighted by Gasteiger charge is -2.25. The lowest BCUT2D eigenvalue weighted by molar-refractivity contribution is 0.0612. The zero-order valence-corrected chi connectivity index (χ0v) is 21.7. The molecule has 0 spiro atoms. The zero-order valence-electron chi connectivity index (χ0n) is 21.7. The fourth-order valence-corrected chi connectivity index (χ4v) is 4.89. The van der Waals surface area contributed by atoms with Gasteiger partial charge in [0.2, 0.25) is 5.95 Å². The number of hydrogen-bond acceptors (Lipinski definition) is 9. The first-order valence-corrected chi connectivity index (χ1v) is 12.8. The van der Waals surface area contributed by atoms with Crippen molar-refractivity contribution >= 4 is 22.8 Å². The number of nitrogens with zero attached hydrogens (tertiary/aromatic N) is 5. The third kappa shape index (κ3) is 5.52. The van der Waals surface area contributed by atoms with Crippen LogP contribution in [-0.2, 0) is 0 Å². The predicted octanol–water partition coefficient (Wildman–Crippen LogP) is 3.02. The number of aliphatic hydroxyl groups is 2. The number of rotatable bonds is 9. The molecule has 1 atom stereocenters. The van der Waals surface area contributed by atoms with Crippen LogP contribution >= 0.6 is 0 Å². The van der Waals surface area contributed by atoms with Crippen molar-refractivity contribution in [3.8, 4) is 22.8 Å². The van der Waals surface area contributed by atoms with E-state index in [9.17, 15) is 5.11 Å². The highest BCUT2D eigenvalue weighted by Gasteiger charge is 2.19. The average molecular weight is 519 g/mol. The van der Waals surface area contributed by atoms with Crippen molar-refractivity contribution in [3.63, 3.8) is 0 Å². The lowest BCUT2D eigenvalue weighted by atomic mass is 10.1.